The van der Waals surface area contributed by atoms with Crippen LogP contribution in [0.4, 0.5) is 0 Å². The van der Waals surface area contributed by atoms with Gasteiger partial charge in [-0.3, -0.25) is 19.8 Å². The van der Waals surface area contributed by atoms with Crippen LogP contribution >= 0.6 is 23.8 Å². The molecule has 7 heteroatoms. The van der Waals surface area contributed by atoms with E-state index in [4.69, 9.17) is 28.6 Å². The molecule has 2 saturated heterocycles. The Labute approximate surface area is 140 Å². The number of hydrogen-bond acceptors (Lipinski definition) is 4. The van der Waals surface area contributed by atoms with Gasteiger partial charge in [-0.2, -0.15) is 0 Å². The molecule has 3 rings (SSSR count). The molecule has 3 unspecified atom stereocenters. The molecule has 2 amide bonds. The van der Waals surface area contributed by atoms with E-state index < -0.39 is 5.91 Å². The van der Waals surface area contributed by atoms with Crippen LogP contribution in [0.25, 0.3) is 0 Å². The maximum atomic E-state index is 12.8. The van der Waals surface area contributed by atoms with Gasteiger partial charge in [0.2, 0.25) is 0 Å². The number of ether oxygens (including phenoxy) is 1. The molecule has 3 aliphatic rings. The van der Waals surface area contributed by atoms with E-state index in [1.807, 2.05) is 0 Å². The van der Waals surface area contributed by atoms with Gasteiger partial charge in [-0.25, -0.2) is 0 Å². The average Bonchev–Trinajstić information content (AvgIpc) is 2.96. The Morgan fingerprint density at radius 2 is 2.09 bits per heavy atom. The molecular weight excluding hydrogens is 324 g/mol. The zero-order valence-electron chi connectivity index (χ0n) is 12.2. The zero-order chi connectivity index (χ0) is 15.7. The smallest absolute Gasteiger partial charge is 0.265 e. The van der Waals surface area contributed by atoms with Crippen molar-refractivity contribution in [3.8, 4) is 0 Å². The second kappa shape index (κ2) is 6.64. The van der Waals surface area contributed by atoms with Crippen LogP contribution in [-0.2, 0) is 14.3 Å². The van der Waals surface area contributed by atoms with Crippen LogP contribution in [-0.4, -0.2) is 46.0 Å². The van der Waals surface area contributed by atoms with E-state index in [1.54, 1.807) is 6.08 Å². The number of hydrogen-bond donors (Lipinski definition) is 1. The zero-order valence-corrected chi connectivity index (χ0v) is 13.8. The number of amides is 2. The van der Waals surface area contributed by atoms with Gasteiger partial charge in [0.05, 0.1) is 6.10 Å². The van der Waals surface area contributed by atoms with E-state index in [9.17, 15) is 9.59 Å². The topological polar surface area (TPSA) is 58.6 Å². The first kappa shape index (κ1) is 15.9. The van der Waals surface area contributed by atoms with Crippen molar-refractivity contribution in [2.45, 2.75) is 56.0 Å². The summed E-state index contributed by atoms with van der Waals surface area (Å²) in [6.07, 6.45) is 6.74. The van der Waals surface area contributed by atoms with Crippen LogP contribution in [0, 0.1) is 0 Å². The molecule has 120 valence electrons. The van der Waals surface area contributed by atoms with Gasteiger partial charge >= 0.3 is 0 Å². The number of thiocarbonyl (C=S) groups is 1. The first-order valence-corrected chi connectivity index (χ1v) is 8.57. The molecule has 0 aromatic heterocycles. The summed E-state index contributed by atoms with van der Waals surface area (Å²) in [6, 6.07) is -0.0373. The molecule has 1 N–H and O–H groups in total. The van der Waals surface area contributed by atoms with Crippen molar-refractivity contribution < 1.29 is 14.3 Å². The first-order chi connectivity index (χ1) is 10.6. The lowest BCUT2D eigenvalue weighted by molar-refractivity contribution is -0.130. The fraction of sp³-hybridized carbons (Fsp3) is 0.667. The summed E-state index contributed by atoms with van der Waals surface area (Å²) in [5.74, 6) is -0.750. The van der Waals surface area contributed by atoms with E-state index in [0.29, 0.717) is 13.0 Å². The molecule has 2 aliphatic heterocycles. The molecule has 0 aromatic rings. The fourth-order valence-electron chi connectivity index (χ4n) is 3.28. The molecule has 0 spiro atoms. The Morgan fingerprint density at radius 1 is 1.27 bits per heavy atom. The third-order valence-electron chi connectivity index (χ3n) is 4.40. The van der Waals surface area contributed by atoms with Crippen LogP contribution in [0.1, 0.15) is 38.5 Å². The van der Waals surface area contributed by atoms with Crippen molar-refractivity contribution in [1.29, 1.82) is 0 Å². The summed E-state index contributed by atoms with van der Waals surface area (Å²) in [5.41, 5.74) is 0.136. The van der Waals surface area contributed by atoms with Crippen LogP contribution in [0.15, 0.2) is 11.6 Å². The Kier molecular flexibility index (Phi) is 4.80. The first-order valence-electron chi connectivity index (χ1n) is 7.72. The highest BCUT2D eigenvalue weighted by Gasteiger charge is 2.39. The molecule has 22 heavy (non-hydrogen) atoms. The fourth-order valence-corrected chi connectivity index (χ4v) is 3.97. The molecule has 0 aromatic carbocycles. The second-order valence-corrected chi connectivity index (χ2v) is 6.99. The summed E-state index contributed by atoms with van der Waals surface area (Å²) in [4.78, 5) is 26.4. The van der Waals surface area contributed by atoms with Gasteiger partial charge in [-0.05, 0) is 56.8 Å². The van der Waals surface area contributed by atoms with Gasteiger partial charge in [0, 0.05) is 18.0 Å². The molecule has 0 radical (unpaired) electrons. The van der Waals surface area contributed by atoms with E-state index in [1.165, 1.54) is 4.90 Å². The third kappa shape index (κ3) is 3.19. The lowest BCUT2D eigenvalue weighted by Gasteiger charge is -2.38. The minimum atomic E-state index is -0.431. The van der Waals surface area contributed by atoms with Crippen molar-refractivity contribution >= 4 is 40.7 Å². The van der Waals surface area contributed by atoms with E-state index in [0.717, 1.165) is 32.1 Å². The van der Waals surface area contributed by atoms with Gasteiger partial charge in [0.25, 0.3) is 11.8 Å². The predicted octanol–water partition coefficient (Wildman–Crippen LogP) is 1.89. The maximum absolute atomic E-state index is 12.8. The van der Waals surface area contributed by atoms with Gasteiger partial charge in [-0.15, -0.1) is 11.6 Å². The number of nitrogens with one attached hydrogen (secondary N) is 1. The Balaban J connectivity index is 1.82. The summed E-state index contributed by atoms with van der Waals surface area (Å²) < 4.78 is 5.50. The Hall–Kier alpha value is -0.980. The quantitative estimate of drug-likeness (QED) is 0.360. The number of alkyl halides is 1. The molecule has 2 heterocycles. The number of carbonyl (C=O) groups excluding carboxylic acids is 2. The van der Waals surface area contributed by atoms with Crippen LogP contribution < -0.4 is 5.32 Å². The molecule has 0 bridgehead atoms. The van der Waals surface area contributed by atoms with Crippen molar-refractivity contribution in [2.24, 2.45) is 0 Å². The lowest BCUT2D eigenvalue weighted by atomic mass is 9.92. The van der Waals surface area contributed by atoms with Crippen LogP contribution in [0.3, 0.4) is 0 Å². The molecular formula is C15H19ClN2O3S. The van der Waals surface area contributed by atoms with Crippen molar-refractivity contribution in [2.75, 3.05) is 6.61 Å². The van der Waals surface area contributed by atoms with E-state index in [2.05, 4.69) is 5.32 Å². The molecule has 5 nitrogen and oxygen atoms in total. The summed E-state index contributed by atoms with van der Waals surface area (Å²) in [7, 11) is 0. The van der Waals surface area contributed by atoms with Gasteiger partial charge in [0.15, 0.2) is 5.11 Å². The van der Waals surface area contributed by atoms with Crippen LogP contribution in [0.2, 0.25) is 0 Å². The van der Waals surface area contributed by atoms with Crippen molar-refractivity contribution in [3.05, 3.63) is 11.6 Å². The molecule has 1 saturated carbocycles. The summed E-state index contributed by atoms with van der Waals surface area (Å²) in [6.45, 7) is 0.670. The van der Waals surface area contributed by atoms with Crippen LogP contribution in [0.5, 0.6) is 0 Å². The average molecular weight is 343 g/mol. The highest BCUT2D eigenvalue weighted by molar-refractivity contribution is 7.80. The van der Waals surface area contributed by atoms with Gasteiger partial charge < -0.3 is 4.74 Å². The van der Waals surface area contributed by atoms with Crippen molar-refractivity contribution in [3.63, 3.8) is 0 Å². The number of rotatable bonds is 2. The number of nitrogens with zero attached hydrogens (tertiary/aromatic N) is 1. The van der Waals surface area contributed by atoms with E-state index in [-0.39, 0.29) is 34.1 Å². The summed E-state index contributed by atoms with van der Waals surface area (Å²) in [5, 5.41) is 2.87. The molecule has 3 atom stereocenters. The lowest BCUT2D eigenvalue weighted by Crippen LogP contribution is -2.58. The van der Waals surface area contributed by atoms with E-state index >= 15 is 0 Å². The normalized spacial score (nSPS) is 35.1. The van der Waals surface area contributed by atoms with Crippen molar-refractivity contribution in [1.82, 2.24) is 10.2 Å². The molecule has 1 aliphatic carbocycles. The largest absolute Gasteiger partial charge is 0.374 e. The SMILES string of the molecule is O=C1NC(=S)N(C2CCCC(Cl)C2)C(=O)/C1=C/C1CCCO1. The van der Waals surface area contributed by atoms with Gasteiger partial charge in [-0.1, -0.05) is 0 Å². The highest BCUT2D eigenvalue weighted by atomic mass is 35.5. The molecule has 3 fully saturated rings. The monoisotopic (exact) mass is 342 g/mol. The predicted molar refractivity (Wildman–Crippen MR) is 86.5 cm³/mol. The summed E-state index contributed by atoms with van der Waals surface area (Å²) >= 11 is 11.4. The Bertz CT molecular complexity index is 531. The Morgan fingerprint density at radius 3 is 2.77 bits per heavy atom. The third-order valence-corrected chi connectivity index (χ3v) is 5.09. The minimum absolute atomic E-state index is 0.0373. The minimum Gasteiger partial charge on any atom is -0.374 e. The number of carbonyl (C=O) groups is 2. The highest BCUT2D eigenvalue weighted by Crippen LogP contribution is 2.29. The standard InChI is InChI=1S/C15H19ClN2O3S/c16-9-3-1-4-10(7-9)18-14(20)12(13(19)17-15(18)22)8-11-5-2-6-21-11/h8-11H,1-7H2,(H,17,19,22)/b12-8+. The number of halogens is 1. The second-order valence-electron chi connectivity index (χ2n) is 5.98. The maximum Gasteiger partial charge on any atom is 0.265 e. The van der Waals surface area contributed by atoms with Gasteiger partial charge in [0.1, 0.15) is 5.57 Å².